The van der Waals surface area contributed by atoms with Crippen molar-refractivity contribution in [1.29, 1.82) is 5.26 Å². The highest BCUT2D eigenvalue weighted by Crippen LogP contribution is 2.25. The number of likely N-dealkylation sites (tertiary alicyclic amines) is 1. The number of aryl methyl sites for hydroxylation is 1. The van der Waals surface area contributed by atoms with Gasteiger partial charge >= 0.3 is 0 Å². The van der Waals surface area contributed by atoms with Crippen LogP contribution in [0.5, 0.6) is 5.75 Å². The van der Waals surface area contributed by atoms with Crippen LogP contribution in [0.25, 0.3) is 0 Å². The fourth-order valence-corrected chi connectivity index (χ4v) is 3.74. The average Bonchev–Trinajstić information content (AvgIpc) is 2.85. The monoisotopic (exact) mass is 295 g/mol. The van der Waals surface area contributed by atoms with Gasteiger partial charge in [0.1, 0.15) is 10.6 Å². The lowest BCUT2D eigenvalue weighted by Gasteiger charge is -2.15. The molecule has 1 aromatic rings. The van der Waals surface area contributed by atoms with Crippen molar-refractivity contribution in [2.24, 2.45) is 0 Å². The van der Waals surface area contributed by atoms with Crippen LogP contribution in [0.1, 0.15) is 12.0 Å². The molecule has 1 saturated heterocycles. The van der Waals surface area contributed by atoms with Gasteiger partial charge < -0.3 is 9.64 Å². The maximum atomic E-state index is 12.4. The van der Waals surface area contributed by atoms with E-state index in [1.165, 1.54) is 7.11 Å². The molecule has 0 spiro atoms. The number of hydrogen-bond acceptors (Lipinski definition) is 5. The lowest BCUT2D eigenvalue weighted by molar-refractivity contribution is 0.401. The topological polar surface area (TPSA) is 82.4 Å². The average molecular weight is 295 g/mol. The molecule has 1 aromatic carbocycles. The van der Waals surface area contributed by atoms with Crippen LogP contribution in [0.2, 0.25) is 0 Å². The molecule has 2 rings (SSSR count). The molecule has 20 heavy (non-hydrogen) atoms. The number of nitrogens with zero attached hydrogens (tertiary/aromatic N) is 2. The second kappa shape index (κ2) is 5.69. The smallest absolute Gasteiger partial charge is 0.244 e. The number of nitrogens with one attached hydrogen (secondary N) is 1. The van der Waals surface area contributed by atoms with Gasteiger partial charge in [-0.2, -0.15) is 5.26 Å². The molecule has 0 saturated carbocycles. The van der Waals surface area contributed by atoms with Crippen LogP contribution in [0.15, 0.2) is 23.1 Å². The van der Waals surface area contributed by atoms with Gasteiger partial charge in [0.2, 0.25) is 10.0 Å². The van der Waals surface area contributed by atoms with Crippen LogP contribution < -0.4 is 9.46 Å². The Bertz CT molecular complexity index is 637. The molecule has 0 aliphatic carbocycles. The van der Waals surface area contributed by atoms with Gasteiger partial charge in [0.25, 0.3) is 0 Å². The third-order valence-corrected chi connectivity index (χ3v) is 4.80. The minimum Gasteiger partial charge on any atom is -0.495 e. The zero-order chi connectivity index (χ0) is 14.8. The first-order valence-corrected chi connectivity index (χ1v) is 7.76. The summed E-state index contributed by atoms with van der Waals surface area (Å²) in [5, 5.41) is 8.80. The molecule has 1 heterocycles. The van der Waals surface area contributed by atoms with Gasteiger partial charge in [-0.05, 0) is 31.0 Å². The Balaban J connectivity index is 2.23. The lowest BCUT2D eigenvalue weighted by atomic mass is 10.2. The summed E-state index contributed by atoms with van der Waals surface area (Å²) in [6.07, 6.45) is 2.65. The van der Waals surface area contributed by atoms with Crippen LogP contribution in [0.3, 0.4) is 0 Å². The summed E-state index contributed by atoms with van der Waals surface area (Å²) < 4.78 is 32.6. The molecule has 7 heteroatoms. The van der Waals surface area contributed by atoms with Crippen molar-refractivity contribution in [3.63, 3.8) is 0 Å². The Kier molecular flexibility index (Phi) is 4.16. The Labute approximate surface area is 119 Å². The van der Waals surface area contributed by atoms with Crippen molar-refractivity contribution in [3.05, 3.63) is 23.8 Å². The predicted octanol–water partition coefficient (Wildman–Crippen LogP) is 0.837. The molecule has 1 atom stereocenters. The van der Waals surface area contributed by atoms with Gasteiger partial charge in [-0.15, -0.1) is 0 Å². The maximum absolute atomic E-state index is 12.4. The zero-order valence-corrected chi connectivity index (χ0v) is 12.3. The Hall–Kier alpha value is -1.78. The van der Waals surface area contributed by atoms with E-state index in [-0.39, 0.29) is 10.9 Å². The van der Waals surface area contributed by atoms with E-state index < -0.39 is 10.0 Å². The van der Waals surface area contributed by atoms with Gasteiger partial charge in [-0.25, -0.2) is 13.1 Å². The third-order valence-electron chi connectivity index (χ3n) is 3.26. The first-order valence-electron chi connectivity index (χ1n) is 6.28. The molecule has 0 bridgehead atoms. The molecule has 0 aromatic heterocycles. The molecule has 0 unspecified atom stereocenters. The van der Waals surface area contributed by atoms with Crippen molar-refractivity contribution in [1.82, 2.24) is 9.62 Å². The van der Waals surface area contributed by atoms with E-state index in [0.717, 1.165) is 5.56 Å². The van der Waals surface area contributed by atoms with Crippen LogP contribution >= 0.6 is 0 Å². The predicted molar refractivity (Wildman–Crippen MR) is 73.6 cm³/mol. The van der Waals surface area contributed by atoms with Crippen molar-refractivity contribution in [3.8, 4) is 11.9 Å². The maximum Gasteiger partial charge on any atom is 0.244 e. The molecule has 0 amide bonds. The molecule has 1 N–H and O–H groups in total. The largest absolute Gasteiger partial charge is 0.495 e. The molecule has 0 radical (unpaired) electrons. The molecule has 1 aliphatic heterocycles. The third kappa shape index (κ3) is 3.03. The van der Waals surface area contributed by atoms with E-state index in [2.05, 4.69) is 4.72 Å². The second-order valence-electron chi connectivity index (χ2n) is 4.81. The number of ether oxygens (including phenoxy) is 1. The summed E-state index contributed by atoms with van der Waals surface area (Å²) >= 11 is 0. The van der Waals surface area contributed by atoms with E-state index in [1.807, 2.05) is 13.1 Å². The van der Waals surface area contributed by atoms with Crippen molar-refractivity contribution < 1.29 is 13.2 Å². The Morgan fingerprint density at radius 3 is 2.85 bits per heavy atom. The van der Waals surface area contributed by atoms with Crippen LogP contribution in [0.4, 0.5) is 0 Å². The highest BCUT2D eigenvalue weighted by Gasteiger charge is 2.28. The summed E-state index contributed by atoms with van der Waals surface area (Å²) in [5.41, 5.74) is 0.844. The number of nitriles is 1. The number of sulfonamides is 1. The summed E-state index contributed by atoms with van der Waals surface area (Å²) in [6.45, 7) is 2.81. The number of rotatable bonds is 4. The number of methoxy groups -OCH3 is 1. The zero-order valence-electron chi connectivity index (χ0n) is 11.5. The highest BCUT2D eigenvalue weighted by atomic mass is 32.2. The first kappa shape index (κ1) is 14.6. The summed E-state index contributed by atoms with van der Waals surface area (Å²) in [5.74, 6) is 0.318. The fraction of sp³-hybridized carbons (Fsp3) is 0.462. The molecule has 108 valence electrons. The first-order chi connectivity index (χ1) is 9.46. The number of benzene rings is 1. The summed E-state index contributed by atoms with van der Waals surface area (Å²) in [7, 11) is -2.21. The minimum absolute atomic E-state index is 0.135. The lowest BCUT2D eigenvalue weighted by Crippen LogP contribution is -2.36. The fourth-order valence-electron chi connectivity index (χ4n) is 2.22. The quantitative estimate of drug-likeness (QED) is 0.832. The van der Waals surface area contributed by atoms with E-state index in [0.29, 0.717) is 25.3 Å². The van der Waals surface area contributed by atoms with Gasteiger partial charge in [0, 0.05) is 19.1 Å². The Morgan fingerprint density at radius 1 is 1.50 bits per heavy atom. The normalized spacial score (nSPS) is 18.9. The highest BCUT2D eigenvalue weighted by molar-refractivity contribution is 7.89. The Morgan fingerprint density at radius 2 is 2.25 bits per heavy atom. The van der Waals surface area contributed by atoms with E-state index in [1.54, 1.807) is 23.1 Å². The van der Waals surface area contributed by atoms with E-state index in [4.69, 9.17) is 10.00 Å². The molecular formula is C13H17N3O3S. The SMILES string of the molecule is COc1ccc(C)cc1S(=O)(=O)N[C@@H]1CCN(C#N)C1. The van der Waals surface area contributed by atoms with Crippen LogP contribution in [0, 0.1) is 18.4 Å². The standard InChI is InChI=1S/C13H17N3O3S/c1-10-3-4-12(19-2)13(7-10)20(17,18)15-11-5-6-16(8-11)9-14/h3-4,7,11,15H,5-6,8H2,1-2H3/t11-/m1/s1. The van der Waals surface area contributed by atoms with Gasteiger partial charge in [0.15, 0.2) is 6.19 Å². The minimum atomic E-state index is -3.65. The van der Waals surface area contributed by atoms with Crippen LogP contribution in [-0.4, -0.2) is 39.6 Å². The molecule has 6 nitrogen and oxygen atoms in total. The number of hydrogen-bond donors (Lipinski definition) is 1. The molecule has 1 fully saturated rings. The van der Waals surface area contributed by atoms with Crippen molar-refractivity contribution in [2.45, 2.75) is 24.3 Å². The van der Waals surface area contributed by atoms with Crippen molar-refractivity contribution in [2.75, 3.05) is 20.2 Å². The summed E-state index contributed by atoms with van der Waals surface area (Å²) in [6, 6.07) is 4.77. The van der Waals surface area contributed by atoms with Crippen molar-refractivity contribution >= 4 is 10.0 Å². The molecule has 1 aliphatic rings. The van der Waals surface area contributed by atoms with Gasteiger partial charge in [-0.3, -0.25) is 0 Å². The van der Waals surface area contributed by atoms with Gasteiger partial charge in [-0.1, -0.05) is 6.07 Å². The van der Waals surface area contributed by atoms with E-state index in [9.17, 15) is 8.42 Å². The van der Waals surface area contributed by atoms with E-state index >= 15 is 0 Å². The second-order valence-corrected chi connectivity index (χ2v) is 6.49. The summed E-state index contributed by atoms with van der Waals surface area (Å²) in [4.78, 5) is 1.68. The van der Waals surface area contributed by atoms with Crippen LogP contribution in [-0.2, 0) is 10.0 Å². The molecular weight excluding hydrogens is 278 g/mol. The van der Waals surface area contributed by atoms with Gasteiger partial charge in [0.05, 0.1) is 7.11 Å².